The van der Waals surface area contributed by atoms with Gasteiger partial charge in [-0.15, -0.1) is 0 Å². The van der Waals surface area contributed by atoms with Gasteiger partial charge in [0.15, 0.2) is 0 Å². The summed E-state index contributed by atoms with van der Waals surface area (Å²) < 4.78 is 5.23. The molecule has 21 heavy (non-hydrogen) atoms. The number of anilines is 1. The van der Waals surface area contributed by atoms with Crippen LogP contribution in [0.15, 0.2) is 18.2 Å². The maximum absolute atomic E-state index is 11.9. The number of nitrogens with one attached hydrogen (secondary N) is 2. The number of carbonyl (C=O) groups excluding carboxylic acids is 1. The van der Waals surface area contributed by atoms with Gasteiger partial charge in [-0.25, -0.2) is 4.79 Å². The Morgan fingerprint density at radius 1 is 1.33 bits per heavy atom. The lowest BCUT2D eigenvalue weighted by Gasteiger charge is -2.20. The first-order valence-electron chi connectivity index (χ1n) is 7.39. The fourth-order valence-electron chi connectivity index (χ4n) is 2.26. The molecule has 0 saturated heterocycles. The maximum atomic E-state index is 11.9. The van der Waals surface area contributed by atoms with E-state index in [2.05, 4.69) is 10.6 Å². The van der Waals surface area contributed by atoms with Crippen LogP contribution < -0.4 is 15.4 Å². The third-order valence-electron chi connectivity index (χ3n) is 3.67. The largest absolute Gasteiger partial charge is 0.495 e. The summed E-state index contributed by atoms with van der Waals surface area (Å²) in [5, 5.41) is 15.4. The normalized spacial score (nSPS) is 12.1. The van der Waals surface area contributed by atoms with Gasteiger partial charge in [0.05, 0.1) is 18.9 Å². The van der Waals surface area contributed by atoms with E-state index in [9.17, 15) is 9.90 Å². The molecule has 0 aliphatic carbocycles. The van der Waals surface area contributed by atoms with Crippen molar-refractivity contribution in [3.8, 4) is 5.75 Å². The van der Waals surface area contributed by atoms with Gasteiger partial charge < -0.3 is 20.5 Å². The van der Waals surface area contributed by atoms with Crippen LogP contribution in [-0.4, -0.2) is 30.9 Å². The van der Waals surface area contributed by atoms with Gasteiger partial charge in [0.2, 0.25) is 0 Å². The van der Waals surface area contributed by atoms with Crippen molar-refractivity contribution in [2.75, 3.05) is 19.0 Å². The van der Waals surface area contributed by atoms with Gasteiger partial charge in [-0.1, -0.05) is 32.8 Å². The molecule has 0 saturated carbocycles. The number of hydrogen-bond donors (Lipinski definition) is 3. The lowest BCUT2D eigenvalue weighted by atomic mass is 9.97. The zero-order chi connectivity index (χ0) is 15.8. The number of benzene rings is 1. The van der Waals surface area contributed by atoms with Gasteiger partial charge in [0, 0.05) is 6.54 Å². The number of hydrogen-bond acceptors (Lipinski definition) is 3. The van der Waals surface area contributed by atoms with Crippen LogP contribution in [0.3, 0.4) is 0 Å². The number of aryl methyl sites for hydroxylation is 1. The number of aliphatic hydroxyl groups excluding tert-OH is 1. The standard InChI is InChI=1S/C16H26N2O3/c1-5-12(6-2)14(19)10-17-16(20)18-13-8-7-11(3)9-15(13)21-4/h7-9,12,14,19H,5-6,10H2,1-4H3,(H2,17,18,20). The Hall–Kier alpha value is -1.75. The highest BCUT2D eigenvalue weighted by Gasteiger charge is 2.16. The van der Waals surface area contributed by atoms with E-state index >= 15 is 0 Å². The summed E-state index contributed by atoms with van der Waals surface area (Å²) in [5.74, 6) is 0.824. The van der Waals surface area contributed by atoms with Crippen molar-refractivity contribution < 1.29 is 14.6 Å². The molecular weight excluding hydrogens is 268 g/mol. The number of methoxy groups -OCH3 is 1. The Labute approximate surface area is 126 Å². The highest BCUT2D eigenvalue weighted by Crippen LogP contribution is 2.25. The van der Waals surface area contributed by atoms with Crippen LogP contribution in [0.1, 0.15) is 32.3 Å². The van der Waals surface area contributed by atoms with Crippen molar-refractivity contribution >= 4 is 11.7 Å². The summed E-state index contributed by atoms with van der Waals surface area (Å²) in [6, 6.07) is 5.21. The molecular formula is C16H26N2O3. The number of aliphatic hydroxyl groups is 1. The van der Waals surface area contributed by atoms with E-state index in [1.807, 2.05) is 32.9 Å². The second-order valence-electron chi connectivity index (χ2n) is 5.18. The molecule has 5 heteroatoms. The van der Waals surface area contributed by atoms with E-state index in [1.54, 1.807) is 13.2 Å². The van der Waals surface area contributed by atoms with Crippen LogP contribution in [-0.2, 0) is 0 Å². The molecule has 0 heterocycles. The lowest BCUT2D eigenvalue weighted by molar-refractivity contribution is 0.104. The van der Waals surface area contributed by atoms with Crippen molar-refractivity contribution in [3.63, 3.8) is 0 Å². The number of amides is 2. The van der Waals surface area contributed by atoms with Crippen LogP contribution in [0, 0.1) is 12.8 Å². The maximum Gasteiger partial charge on any atom is 0.319 e. The van der Waals surface area contributed by atoms with E-state index in [0.717, 1.165) is 18.4 Å². The third-order valence-corrected chi connectivity index (χ3v) is 3.67. The topological polar surface area (TPSA) is 70.6 Å². The summed E-state index contributed by atoms with van der Waals surface area (Å²) in [7, 11) is 1.56. The van der Waals surface area contributed by atoms with Crippen LogP contribution >= 0.6 is 0 Å². The van der Waals surface area contributed by atoms with E-state index < -0.39 is 6.10 Å². The molecule has 118 valence electrons. The summed E-state index contributed by atoms with van der Waals surface area (Å²) in [6.45, 7) is 6.27. The molecule has 0 aliphatic rings. The molecule has 0 bridgehead atoms. The van der Waals surface area contributed by atoms with E-state index in [4.69, 9.17) is 4.74 Å². The van der Waals surface area contributed by atoms with E-state index in [1.165, 1.54) is 0 Å². The molecule has 0 spiro atoms. The Morgan fingerprint density at radius 2 is 2.00 bits per heavy atom. The van der Waals surface area contributed by atoms with Crippen molar-refractivity contribution in [1.29, 1.82) is 0 Å². The molecule has 5 nitrogen and oxygen atoms in total. The third kappa shape index (κ3) is 5.27. The van der Waals surface area contributed by atoms with Crippen LogP contribution in [0.5, 0.6) is 5.75 Å². The summed E-state index contributed by atoms with van der Waals surface area (Å²) in [5.41, 5.74) is 1.67. The summed E-state index contributed by atoms with van der Waals surface area (Å²) >= 11 is 0. The number of carbonyl (C=O) groups is 1. The van der Waals surface area contributed by atoms with Crippen molar-refractivity contribution in [1.82, 2.24) is 5.32 Å². The molecule has 0 aliphatic heterocycles. The molecule has 0 aromatic heterocycles. The first-order valence-corrected chi connectivity index (χ1v) is 7.39. The molecule has 1 aromatic rings. The molecule has 0 radical (unpaired) electrons. The Kier molecular flexibility index (Phi) is 7.02. The van der Waals surface area contributed by atoms with Crippen LogP contribution in [0.25, 0.3) is 0 Å². The van der Waals surface area contributed by atoms with Crippen LogP contribution in [0.4, 0.5) is 10.5 Å². The van der Waals surface area contributed by atoms with Gasteiger partial charge in [0.1, 0.15) is 5.75 Å². The smallest absolute Gasteiger partial charge is 0.319 e. The number of urea groups is 1. The second-order valence-corrected chi connectivity index (χ2v) is 5.18. The highest BCUT2D eigenvalue weighted by molar-refractivity contribution is 5.90. The second kappa shape index (κ2) is 8.52. The first-order chi connectivity index (χ1) is 10.0. The Bertz CT molecular complexity index is 459. The van der Waals surface area contributed by atoms with Gasteiger partial charge in [-0.2, -0.15) is 0 Å². The fourth-order valence-corrected chi connectivity index (χ4v) is 2.26. The number of ether oxygens (including phenoxy) is 1. The minimum Gasteiger partial charge on any atom is -0.495 e. The van der Waals surface area contributed by atoms with Gasteiger partial charge in [-0.3, -0.25) is 0 Å². The van der Waals surface area contributed by atoms with Crippen molar-refractivity contribution in [2.24, 2.45) is 5.92 Å². The molecule has 1 rings (SSSR count). The van der Waals surface area contributed by atoms with E-state index in [-0.39, 0.29) is 18.5 Å². The highest BCUT2D eigenvalue weighted by atomic mass is 16.5. The molecule has 1 aromatic carbocycles. The number of rotatable bonds is 7. The Morgan fingerprint density at radius 3 is 2.57 bits per heavy atom. The van der Waals surface area contributed by atoms with Crippen LogP contribution in [0.2, 0.25) is 0 Å². The lowest BCUT2D eigenvalue weighted by Crippen LogP contribution is -2.38. The van der Waals surface area contributed by atoms with Crippen molar-refractivity contribution in [3.05, 3.63) is 23.8 Å². The average Bonchev–Trinajstić information content (AvgIpc) is 2.48. The SMILES string of the molecule is CCC(CC)C(O)CNC(=O)Nc1ccc(C)cc1OC. The molecule has 2 amide bonds. The van der Waals surface area contributed by atoms with Gasteiger partial charge in [-0.05, 0) is 30.5 Å². The molecule has 3 N–H and O–H groups in total. The fraction of sp³-hybridized carbons (Fsp3) is 0.562. The van der Waals surface area contributed by atoms with Gasteiger partial charge >= 0.3 is 6.03 Å². The predicted molar refractivity (Wildman–Crippen MR) is 84.8 cm³/mol. The minimum atomic E-state index is -0.523. The predicted octanol–water partition coefficient (Wildman–Crippen LogP) is 2.92. The van der Waals surface area contributed by atoms with E-state index in [0.29, 0.717) is 11.4 Å². The van der Waals surface area contributed by atoms with Crippen molar-refractivity contribution in [2.45, 2.75) is 39.7 Å². The van der Waals surface area contributed by atoms with Gasteiger partial charge in [0.25, 0.3) is 0 Å². The summed E-state index contributed by atoms with van der Waals surface area (Å²) in [6.07, 6.45) is 1.27. The quantitative estimate of drug-likeness (QED) is 0.724. The monoisotopic (exact) mass is 294 g/mol. The zero-order valence-electron chi connectivity index (χ0n) is 13.3. The molecule has 1 atom stereocenters. The first kappa shape index (κ1) is 17.3. The minimum absolute atomic E-state index is 0.208. The summed E-state index contributed by atoms with van der Waals surface area (Å²) in [4.78, 5) is 11.9. The zero-order valence-corrected chi connectivity index (χ0v) is 13.3. The Balaban J connectivity index is 2.54. The molecule has 1 unspecified atom stereocenters. The molecule has 0 fully saturated rings. The average molecular weight is 294 g/mol.